The van der Waals surface area contributed by atoms with Crippen LogP contribution in [0.5, 0.6) is 0 Å². The second-order valence-electron chi connectivity index (χ2n) is 5.56. The van der Waals surface area contributed by atoms with Crippen molar-refractivity contribution in [2.24, 2.45) is 0 Å². The largest absolute Gasteiger partial charge is 0.349 e. The van der Waals surface area contributed by atoms with Crippen molar-refractivity contribution in [1.82, 2.24) is 10.2 Å². The molecule has 0 aromatic heterocycles. The zero-order valence-corrected chi connectivity index (χ0v) is 14.0. The van der Waals surface area contributed by atoms with Crippen molar-refractivity contribution in [3.05, 3.63) is 66.2 Å². The van der Waals surface area contributed by atoms with Gasteiger partial charge in [-0.1, -0.05) is 36.4 Å². The summed E-state index contributed by atoms with van der Waals surface area (Å²) < 4.78 is 0. The first-order chi connectivity index (χ1) is 11.6. The van der Waals surface area contributed by atoms with Crippen molar-refractivity contribution < 1.29 is 9.59 Å². The maximum atomic E-state index is 12.8. The van der Waals surface area contributed by atoms with E-state index in [1.165, 1.54) is 4.90 Å². The van der Waals surface area contributed by atoms with Gasteiger partial charge in [-0.3, -0.25) is 14.5 Å². The van der Waals surface area contributed by atoms with Crippen molar-refractivity contribution in [2.45, 2.75) is 6.04 Å². The number of anilines is 1. The summed E-state index contributed by atoms with van der Waals surface area (Å²) in [6.45, 7) is 0.347. The lowest BCUT2D eigenvalue weighted by atomic mass is 10.1. The van der Waals surface area contributed by atoms with Crippen LogP contribution in [0.25, 0.3) is 0 Å². The molecule has 1 heterocycles. The lowest BCUT2D eigenvalue weighted by Gasteiger charge is -2.39. The van der Waals surface area contributed by atoms with Crippen LogP contribution < -0.4 is 10.2 Å². The first kappa shape index (κ1) is 16.1. The minimum Gasteiger partial charge on any atom is -0.349 e. The highest BCUT2D eigenvalue weighted by molar-refractivity contribution is 7.80. The molecule has 1 fully saturated rings. The van der Waals surface area contributed by atoms with Crippen molar-refractivity contribution in [3.8, 4) is 0 Å². The number of carbonyl (C=O) groups is 2. The van der Waals surface area contributed by atoms with Gasteiger partial charge in [-0.2, -0.15) is 0 Å². The Hall–Kier alpha value is -2.73. The van der Waals surface area contributed by atoms with Crippen molar-refractivity contribution in [3.63, 3.8) is 0 Å². The normalized spacial score (nSPS) is 17.8. The lowest BCUT2D eigenvalue weighted by Crippen LogP contribution is -2.63. The third kappa shape index (κ3) is 3.14. The van der Waals surface area contributed by atoms with Crippen LogP contribution >= 0.6 is 12.2 Å². The van der Waals surface area contributed by atoms with E-state index in [1.54, 1.807) is 29.2 Å². The number of likely N-dealkylation sites (N-methyl/N-ethyl adjacent to an activating group) is 1. The predicted molar refractivity (Wildman–Crippen MR) is 96.9 cm³/mol. The monoisotopic (exact) mass is 339 g/mol. The molecule has 0 radical (unpaired) electrons. The topological polar surface area (TPSA) is 52.7 Å². The molecule has 3 rings (SSSR count). The number of rotatable bonds is 3. The van der Waals surface area contributed by atoms with Crippen LogP contribution in [0.15, 0.2) is 60.7 Å². The third-order valence-corrected chi connectivity index (χ3v) is 4.34. The van der Waals surface area contributed by atoms with Crippen LogP contribution in [-0.4, -0.2) is 41.5 Å². The smallest absolute Gasteiger partial charge is 0.257 e. The van der Waals surface area contributed by atoms with Crippen LogP contribution in [0.2, 0.25) is 0 Å². The van der Waals surface area contributed by atoms with Gasteiger partial charge in [-0.25, -0.2) is 0 Å². The molecule has 0 bridgehead atoms. The van der Waals surface area contributed by atoms with E-state index in [1.807, 2.05) is 43.4 Å². The highest BCUT2D eigenvalue weighted by Crippen LogP contribution is 2.20. The Labute approximate surface area is 145 Å². The molecular weight excluding hydrogens is 322 g/mol. The Bertz CT molecular complexity index is 764. The molecule has 24 heavy (non-hydrogen) atoms. The minimum absolute atomic E-state index is 0.228. The summed E-state index contributed by atoms with van der Waals surface area (Å²) in [6.07, 6.45) is 0. The maximum absolute atomic E-state index is 12.8. The molecule has 1 N–H and O–H groups in total. The fourth-order valence-corrected chi connectivity index (χ4v) is 2.87. The Balaban J connectivity index is 1.83. The van der Waals surface area contributed by atoms with Gasteiger partial charge in [0, 0.05) is 19.2 Å². The average Bonchev–Trinajstić information content (AvgIpc) is 2.61. The Kier molecular flexibility index (Phi) is 4.57. The van der Waals surface area contributed by atoms with Crippen LogP contribution in [0.4, 0.5) is 5.69 Å². The molecule has 2 amide bonds. The zero-order valence-electron chi connectivity index (χ0n) is 13.2. The quantitative estimate of drug-likeness (QED) is 0.870. The second-order valence-corrected chi connectivity index (χ2v) is 5.93. The fourth-order valence-electron chi connectivity index (χ4n) is 2.60. The molecule has 2 aromatic carbocycles. The van der Waals surface area contributed by atoms with E-state index >= 15 is 0 Å². The molecule has 1 aliphatic rings. The minimum atomic E-state index is -0.658. The summed E-state index contributed by atoms with van der Waals surface area (Å²) in [5.74, 6) is -0.503. The first-order valence-electron chi connectivity index (χ1n) is 7.58. The van der Waals surface area contributed by atoms with E-state index in [2.05, 4.69) is 5.32 Å². The molecule has 5 nitrogen and oxygen atoms in total. The second kappa shape index (κ2) is 6.80. The number of nitrogens with zero attached hydrogens (tertiary/aromatic N) is 2. The molecule has 122 valence electrons. The number of hydrogen-bond donors (Lipinski definition) is 1. The van der Waals surface area contributed by atoms with Crippen molar-refractivity contribution in [2.75, 3.05) is 18.5 Å². The lowest BCUT2D eigenvalue weighted by molar-refractivity contribution is -0.120. The number of hydrogen-bond acceptors (Lipinski definition) is 3. The first-order valence-corrected chi connectivity index (χ1v) is 7.99. The van der Waals surface area contributed by atoms with Gasteiger partial charge in [0.05, 0.1) is 5.69 Å². The van der Waals surface area contributed by atoms with E-state index in [0.717, 1.165) is 0 Å². The van der Waals surface area contributed by atoms with Crippen LogP contribution in [0.1, 0.15) is 10.4 Å². The highest BCUT2D eigenvalue weighted by Gasteiger charge is 2.37. The van der Waals surface area contributed by atoms with Gasteiger partial charge in [-0.05, 0) is 36.5 Å². The number of benzene rings is 2. The number of thiocarbonyl (C=S) groups is 1. The van der Waals surface area contributed by atoms with Crippen LogP contribution in [0, 0.1) is 0 Å². The van der Waals surface area contributed by atoms with Gasteiger partial charge >= 0.3 is 0 Å². The van der Waals surface area contributed by atoms with E-state index in [0.29, 0.717) is 22.9 Å². The summed E-state index contributed by atoms with van der Waals surface area (Å²) in [5, 5.41) is 3.23. The van der Waals surface area contributed by atoms with E-state index in [-0.39, 0.29) is 11.8 Å². The van der Waals surface area contributed by atoms with Gasteiger partial charge in [0.1, 0.15) is 6.04 Å². The zero-order chi connectivity index (χ0) is 17.1. The average molecular weight is 339 g/mol. The number of carbonyl (C=O) groups excluding carboxylic acids is 2. The van der Waals surface area contributed by atoms with Crippen LogP contribution in [0.3, 0.4) is 0 Å². The Morgan fingerprint density at radius 1 is 1.08 bits per heavy atom. The van der Waals surface area contributed by atoms with E-state index in [4.69, 9.17) is 12.2 Å². The number of para-hydroxylation sites is 1. The molecule has 0 spiro atoms. The van der Waals surface area contributed by atoms with Gasteiger partial charge in [0.2, 0.25) is 0 Å². The van der Waals surface area contributed by atoms with Gasteiger partial charge in [0.25, 0.3) is 11.8 Å². The molecule has 0 saturated carbocycles. The summed E-state index contributed by atoms with van der Waals surface area (Å²) in [4.78, 5) is 28.5. The molecule has 2 aromatic rings. The van der Waals surface area contributed by atoms with Crippen molar-refractivity contribution >= 4 is 34.8 Å². The number of nitrogens with one attached hydrogen (secondary N) is 1. The standard InChI is InChI=1S/C18H17N3O2S/c1-20-12-15(19-16(22)13-8-4-2-5-9-13)17(23)21(18(20)24)14-10-6-3-7-11-14/h2-11,15H,12H2,1H3,(H,19,22). The summed E-state index contributed by atoms with van der Waals surface area (Å²) in [7, 11) is 1.81. The van der Waals surface area contributed by atoms with Crippen LogP contribution in [-0.2, 0) is 4.79 Å². The van der Waals surface area contributed by atoms with Gasteiger partial charge in [0.15, 0.2) is 5.11 Å². The molecule has 0 aliphatic carbocycles. The summed E-state index contributed by atoms with van der Waals surface area (Å²) in [6, 6.07) is 17.4. The molecule has 1 saturated heterocycles. The summed E-state index contributed by atoms with van der Waals surface area (Å²) in [5.41, 5.74) is 1.21. The maximum Gasteiger partial charge on any atom is 0.257 e. The fraction of sp³-hybridized carbons (Fsp3) is 0.167. The van der Waals surface area contributed by atoms with E-state index in [9.17, 15) is 9.59 Å². The Morgan fingerprint density at radius 3 is 2.29 bits per heavy atom. The molecule has 6 heteroatoms. The van der Waals surface area contributed by atoms with Gasteiger partial charge < -0.3 is 10.2 Å². The molecule has 1 aliphatic heterocycles. The predicted octanol–water partition coefficient (Wildman–Crippen LogP) is 2.05. The van der Waals surface area contributed by atoms with E-state index < -0.39 is 6.04 Å². The number of amides is 2. The van der Waals surface area contributed by atoms with Gasteiger partial charge in [-0.15, -0.1) is 0 Å². The molecular formula is C18H17N3O2S. The SMILES string of the molecule is CN1CC(NC(=O)c2ccccc2)C(=O)N(c2ccccc2)C1=S. The molecule has 1 atom stereocenters. The van der Waals surface area contributed by atoms with Crippen molar-refractivity contribution in [1.29, 1.82) is 0 Å². The summed E-state index contributed by atoms with van der Waals surface area (Å²) >= 11 is 5.39. The molecule has 1 unspecified atom stereocenters. The third-order valence-electron chi connectivity index (χ3n) is 3.85. The highest BCUT2D eigenvalue weighted by atomic mass is 32.1. The Morgan fingerprint density at radius 2 is 1.67 bits per heavy atom.